The number of hydrogen-bond donors (Lipinski definition) is 2. The Balaban J connectivity index is 1.68. The van der Waals surface area contributed by atoms with Crippen LogP contribution in [0.3, 0.4) is 0 Å². The fraction of sp³-hybridized carbons (Fsp3) is 0.429. The third-order valence-corrected chi connectivity index (χ3v) is 4.12. The standard InChI is InChI=1S/C14H16N4O2/c15-8-1-4-12-11(5-8)13(17-16-12)14(19)18-6-9-2-3-10(7-18)20-9/h1,4-5,9-10H,2-3,6-7,15H2,(H,16,17). The molecule has 4 rings (SSSR count). The highest BCUT2D eigenvalue weighted by Gasteiger charge is 2.36. The number of nitrogens with one attached hydrogen (secondary N) is 1. The van der Waals surface area contributed by atoms with Crippen LogP contribution in [0.4, 0.5) is 5.69 Å². The summed E-state index contributed by atoms with van der Waals surface area (Å²) in [6.45, 7) is 1.32. The molecule has 2 aromatic rings. The monoisotopic (exact) mass is 272 g/mol. The van der Waals surface area contributed by atoms with Gasteiger partial charge in [0.15, 0.2) is 5.69 Å². The lowest BCUT2D eigenvalue weighted by atomic mass is 10.1. The summed E-state index contributed by atoms with van der Waals surface area (Å²) in [4.78, 5) is 14.5. The molecule has 0 saturated carbocycles. The first kappa shape index (κ1) is 11.7. The van der Waals surface area contributed by atoms with E-state index in [0.717, 1.165) is 23.7 Å². The van der Waals surface area contributed by atoms with Crippen molar-refractivity contribution in [2.45, 2.75) is 25.0 Å². The Hall–Kier alpha value is -2.08. The Morgan fingerprint density at radius 3 is 2.85 bits per heavy atom. The number of likely N-dealkylation sites (tertiary alicyclic amines) is 1. The van der Waals surface area contributed by atoms with Crippen LogP contribution in [0.15, 0.2) is 18.2 Å². The molecule has 0 radical (unpaired) electrons. The van der Waals surface area contributed by atoms with Crippen molar-refractivity contribution in [3.63, 3.8) is 0 Å². The molecule has 1 amide bonds. The van der Waals surface area contributed by atoms with Gasteiger partial charge in [0.2, 0.25) is 0 Å². The fourth-order valence-electron chi connectivity index (χ4n) is 3.13. The van der Waals surface area contributed by atoms with Gasteiger partial charge in [-0.2, -0.15) is 5.10 Å². The van der Waals surface area contributed by atoms with E-state index in [1.165, 1.54) is 0 Å². The fourth-order valence-corrected chi connectivity index (χ4v) is 3.13. The summed E-state index contributed by atoms with van der Waals surface area (Å²) in [6, 6.07) is 5.43. The molecule has 2 unspecified atom stereocenters. The Labute approximate surface area is 115 Å². The predicted octanol–water partition coefficient (Wildman–Crippen LogP) is 1.15. The van der Waals surface area contributed by atoms with Crippen LogP contribution in [0.1, 0.15) is 23.3 Å². The molecule has 2 aliphatic heterocycles. The second kappa shape index (κ2) is 4.21. The van der Waals surface area contributed by atoms with Crippen LogP contribution in [0.2, 0.25) is 0 Å². The van der Waals surface area contributed by atoms with Gasteiger partial charge in [-0.3, -0.25) is 9.89 Å². The van der Waals surface area contributed by atoms with Gasteiger partial charge >= 0.3 is 0 Å². The van der Waals surface area contributed by atoms with Gasteiger partial charge in [0.25, 0.3) is 5.91 Å². The molecule has 6 nitrogen and oxygen atoms in total. The minimum absolute atomic E-state index is 0.0398. The van der Waals surface area contributed by atoms with Crippen molar-refractivity contribution in [2.24, 2.45) is 0 Å². The zero-order chi connectivity index (χ0) is 13.7. The van der Waals surface area contributed by atoms with Gasteiger partial charge in [0, 0.05) is 24.2 Å². The van der Waals surface area contributed by atoms with Gasteiger partial charge in [-0.15, -0.1) is 0 Å². The highest BCUT2D eigenvalue weighted by molar-refractivity contribution is 6.05. The number of H-pyrrole nitrogens is 1. The van der Waals surface area contributed by atoms with Crippen LogP contribution < -0.4 is 5.73 Å². The molecule has 1 aromatic heterocycles. The minimum Gasteiger partial charge on any atom is -0.399 e. The van der Waals surface area contributed by atoms with Gasteiger partial charge in [-0.25, -0.2) is 0 Å². The van der Waals surface area contributed by atoms with E-state index in [-0.39, 0.29) is 18.1 Å². The average molecular weight is 272 g/mol. The number of amides is 1. The number of nitrogens with zero attached hydrogens (tertiary/aromatic N) is 2. The number of ether oxygens (including phenoxy) is 1. The van der Waals surface area contributed by atoms with E-state index in [9.17, 15) is 4.79 Å². The van der Waals surface area contributed by atoms with Crippen molar-refractivity contribution >= 4 is 22.5 Å². The predicted molar refractivity (Wildman–Crippen MR) is 74.3 cm³/mol. The van der Waals surface area contributed by atoms with Crippen LogP contribution in [0, 0.1) is 0 Å². The summed E-state index contributed by atoms with van der Waals surface area (Å²) in [5.74, 6) is -0.0398. The summed E-state index contributed by atoms with van der Waals surface area (Å²) in [5.41, 5.74) is 7.72. The first-order chi connectivity index (χ1) is 9.70. The lowest BCUT2D eigenvalue weighted by molar-refractivity contribution is -0.0304. The zero-order valence-corrected chi connectivity index (χ0v) is 11.0. The van der Waals surface area contributed by atoms with Gasteiger partial charge in [0.1, 0.15) is 0 Å². The SMILES string of the molecule is Nc1ccc2[nH]nc(C(=O)N3CC4CCC(C3)O4)c2c1. The number of morpholine rings is 1. The van der Waals surface area contributed by atoms with Gasteiger partial charge in [0.05, 0.1) is 17.7 Å². The summed E-state index contributed by atoms with van der Waals surface area (Å²) in [7, 11) is 0. The number of hydrogen-bond acceptors (Lipinski definition) is 4. The second-order valence-corrected chi connectivity index (χ2v) is 5.54. The number of nitrogen functional groups attached to an aromatic ring is 1. The maximum atomic E-state index is 12.7. The lowest BCUT2D eigenvalue weighted by Crippen LogP contribution is -2.46. The Morgan fingerprint density at radius 2 is 2.10 bits per heavy atom. The van der Waals surface area contributed by atoms with Crippen molar-refractivity contribution in [1.29, 1.82) is 0 Å². The summed E-state index contributed by atoms with van der Waals surface area (Å²) < 4.78 is 5.76. The molecule has 3 N–H and O–H groups in total. The maximum absolute atomic E-state index is 12.7. The molecule has 2 aliphatic rings. The number of nitrogens with two attached hydrogens (primary N) is 1. The highest BCUT2D eigenvalue weighted by atomic mass is 16.5. The van der Waals surface area contributed by atoms with Crippen LogP contribution in [-0.2, 0) is 4.74 Å². The largest absolute Gasteiger partial charge is 0.399 e. The van der Waals surface area contributed by atoms with Gasteiger partial charge in [-0.05, 0) is 31.0 Å². The summed E-state index contributed by atoms with van der Waals surface area (Å²) in [6.07, 6.45) is 2.46. The van der Waals surface area contributed by atoms with Crippen molar-refractivity contribution in [3.8, 4) is 0 Å². The average Bonchev–Trinajstić information content (AvgIpc) is 3.01. The molecule has 2 saturated heterocycles. The first-order valence-corrected chi connectivity index (χ1v) is 6.89. The maximum Gasteiger partial charge on any atom is 0.275 e. The van der Waals surface area contributed by atoms with Crippen molar-refractivity contribution in [2.75, 3.05) is 18.8 Å². The zero-order valence-electron chi connectivity index (χ0n) is 11.0. The summed E-state index contributed by atoms with van der Waals surface area (Å²) >= 11 is 0. The smallest absolute Gasteiger partial charge is 0.275 e. The molecule has 3 heterocycles. The molecule has 20 heavy (non-hydrogen) atoms. The van der Waals surface area contributed by atoms with Gasteiger partial charge in [-0.1, -0.05) is 0 Å². The van der Waals surface area contributed by atoms with E-state index in [1.807, 2.05) is 11.0 Å². The lowest BCUT2D eigenvalue weighted by Gasteiger charge is -2.31. The number of aromatic amines is 1. The Bertz CT molecular complexity index is 669. The number of carbonyl (C=O) groups excluding carboxylic acids is 1. The summed E-state index contributed by atoms with van der Waals surface area (Å²) in [5, 5.41) is 7.84. The molecule has 0 aliphatic carbocycles. The number of aromatic nitrogens is 2. The molecular formula is C14H16N4O2. The van der Waals surface area contributed by atoms with Gasteiger partial charge < -0.3 is 15.4 Å². The minimum atomic E-state index is -0.0398. The van der Waals surface area contributed by atoms with E-state index in [1.54, 1.807) is 12.1 Å². The van der Waals surface area contributed by atoms with Crippen LogP contribution >= 0.6 is 0 Å². The Morgan fingerprint density at radius 1 is 1.35 bits per heavy atom. The van der Waals surface area contributed by atoms with E-state index >= 15 is 0 Å². The third kappa shape index (κ3) is 1.76. The highest BCUT2D eigenvalue weighted by Crippen LogP contribution is 2.28. The van der Waals surface area contributed by atoms with E-state index in [4.69, 9.17) is 10.5 Å². The molecule has 104 valence electrons. The van der Waals surface area contributed by atoms with Crippen LogP contribution in [0.25, 0.3) is 10.9 Å². The van der Waals surface area contributed by atoms with Crippen molar-refractivity contribution in [1.82, 2.24) is 15.1 Å². The normalized spacial score (nSPS) is 25.3. The third-order valence-electron chi connectivity index (χ3n) is 4.12. The van der Waals surface area contributed by atoms with Crippen molar-refractivity contribution in [3.05, 3.63) is 23.9 Å². The number of fused-ring (bicyclic) bond motifs is 3. The quantitative estimate of drug-likeness (QED) is 0.763. The molecule has 1 aromatic carbocycles. The van der Waals surface area contributed by atoms with Crippen LogP contribution in [0.5, 0.6) is 0 Å². The molecule has 6 heteroatoms. The first-order valence-electron chi connectivity index (χ1n) is 6.89. The van der Waals surface area contributed by atoms with Crippen LogP contribution in [-0.4, -0.2) is 46.3 Å². The van der Waals surface area contributed by atoms with E-state index < -0.39 is 0 Å². The molecule has 2 bridgehead atoms. The molecule has 0 spiro atoms. The number of anilines is 1. The number of carbonyl (C=O) groups is 1. The van der Waals surface area contributed by atoms with Crippen molar-refractivity contribution < 1.29 is 9.53 Å². The van der Waals surface area contributed by atoms with E-state index in [2.05, 4.69) is 10.2 Å². The number of benzene rings is 1. The Kier molecular flexibility index (Phi) is 2.47. The second-order valence-electron chi connectivity index (χ2n) is 5.54. The number of rotatable bonds is 1. The molecule has 2 atom stereocenters. The molecular weight excluding hydrogens is 256 g/mol. The van der Waals surface area contributed by atoms with E-state index in [0.29, 0.717) is 24.5 Å². The molecule has 2 fully saturated rings. The topological polar surface area (TPSA) is 84.2 Å².